The number of aromatic carboxylic acids is 1. The van der Waals surface area contributed by atoms with Crippen LogP contribution in [0, 0.1) is 5.82 Å². The zero-order chi connectivity index (χ0) is 18.1. The lowest BCUT2D eigenvalue weighted by molar-refractivity contribution is 0.0697. The Morgan fingerprint density at radius 3 is 2.22 bits per heavy atom. The molecule has 0 aliphatic rings. The first-order valence-electron chi connectivity index (χ1n) is 8.10. The molecule has 0 unspecified atom stereocenters. The Bertz CT molecular complexity index is 1130. The molecule has 134 valence electrons. The lowest BCUT2D eigenvalue weighted by Gasteiger charge is -2.07. The van der Waals surface area contributed by atoms with Crippen molar-refractivity contribution in [2.75, 3.05) is 0 Å². The Kier molecular flexibility index (Phi) is 5.19. The van der Waals surface area contributed by atoms with Gasteiger partial charge >= 0.3 is 5.97 Å². The summed E-state index contributed by atoms with van der Waals surface area (Å²) >= 11 is 0. The van der Waals surface area contributed by atoms with Crippen molar-refractivity contribution in [1.29, 1.82) is 0 Å². The van der Waals surface area contributed by atoms with Gasteiger partial charge in [-0.2, -0.15) is 0 Å². The predicted molar refractivity (Wildman–Crippen MR) is 107 cm³/mol. The van der Waals surface area contributed by atoms with Gasteiger partial charge in [0.1, 0.15) is 5.82 Å². The molecule has 4 rings (SSSR count). The normalized spacial score (nSPS) is 10.4. The highest BCUT2D eigenvalue weighted by atomic mass is 35.5. The van der Waals surface area contributed by atoms with Gasteiger partial charge in [-0.1, -0.05) is 36.4 Å². The highest BCUT2D eigenvalue weighted by Gasteiger charge is 2.06. The van der Waals surface area contributed by atoms with E-state index in [1.165, 1.54) is 12.1 Å². The van der Waals surface area contributed by atoms with E-state index in [0.29, 0.717) is 0 Å². The van der Waals surface area contributed by atoms with E-state index in [1.807, 2.05) is 30.3 Å². The number of carbonyl (C=O) groups is 1. The Morgan fingerprint density at radius 1 is 0.815 bits per heavy atom. The number of benzene rings is 3. The number of carboxylic acid groups (broad SMARTS) is 1. The van der Waals surface area contributed by atoms with E-state index < -0.39 is 5.97 Å². The molecule has 0 amide bonds. The zero-order valence-electron chi connectivity index (χ0n) is 14.1. The lowest BCUT2D eigenvalue weighted by atomic mass is 10.0. The second-order valence-corrected chi connectivity index (χ2v) is 6.02. The molecule has 3 nitrogen and oxygen atoms in total. The van der Waals surface area contributed by atoms with Crippen LogP contribution in [-0.2, 0) is 0 Å². The number of nitrogens with zero attached hydrogens (tertiary/aromatic N) is 1. The molecule has 1 N–H and O–H groups in total. The van der Waals surface area contributed by atoms with Gasteiger partial charge < -0.3 is 5.11 Å². The summed E-state index contributed by atoms with van der Waals surface area (Å²) in [6, 6.07) is 21.0. The summed E-state index contributed by atoms with van der Waals surface area (Å²) in [5, 5.41) is 9.95. The van der Waals surface area contributed by atoms with Crippen LogP contribution in [0.3, 0.4) is 0 Å². The van der Waals surface area contributed by atoms with Crippen LogP contribution in [0.5, 0.6) is 0 Å². The van der Waals surface area contributed by atoms with Gasteiger partial charge in [-0.25, -0.2) is 9.18 Å². The molecule has 0 bridgehead atoms. The number of carboxylic acids is 1. The van der Waals surface area contributed by atoms with E-state index in [1.54, 1.807) is 36.5 Å². The molecule has 0 atom stereocenters. The van der Waals surface area contributed by atoms with Crippen LogP contribution in [0.2, 0.25) is 0 Å². The first-order valence-corrected chi connectivity index (χ1v) is 8.10. The van der Waals surface area contributed by atoms with Crippen molar-refractivity contribution >= 4 is 29.3 Å². The molecule has 5 heteroatoms. The van der Waals surface area contributed by atoms with Gasteiger partial charge in [-0.05, 0) is 53.1 Å². The largest absolute Gasteiger partial charge is 0.478 e. The summed E-state index contributed by atoms with van der Waals surface area (Å²) in [6.07, 6.45) is 1.73. The van der Waals surface area contributed by atoms with Crippen LogP contribution in [0.1, 0.15) is 10.4 Å². The monoisotopic (exact) mass is 379 g/mol. The maximum atomic E-state index is 13.4. The standard InChI is InChI=1S/C22H14FNO2.ClH/c23-20-3-1-2-16(11-20)19-10-18-9-8-17(12-21(18)24-13-19)14-4-6-15(7-5-14)22(25)26;/h1-13H,(H,25,26);1H. The first-order chi connectivity index (χ1) is 12.6. The van der Waals surface area contributed by atoms with Gasteiger partial charge in [-0.15, -0.1) is 12.4 Å². The summed E-state index contributed by atoms with van der Waals surface area (Å²) in [5.41, 5.74) is 4.61. The minimum Gasteiger partial charge on any atom is -0.478 e. The smallest absolute Gasteiger partial charge is 0.335 e. The van der Waals surface area contributed by atoms with Crippen LogP contribution in [0.15, 0.2) is 79.0 Å². The Morgan fingerprint density at radius 2 is 1.52 bits per heavy atom. The highest BCUT2D eigenvalue weighted by Crippen LogP contribution is 2.27. The minimum absolute atomic E-state index is 0. The number of hydrogen-bond donors (Lipinski definition) is 1. The maximum absolute atomic E-state index is 13.4. The molecular weight excluding hydrogens is 365 g/mol. The second-order valence-electron chi connectivity index (χ2n) is 6.02. The zero-order valence-corrected chi connectivity index (χ0v) is 14.9. The molecule has 0 spiro atoms. The number of fused-ring (bicyclic) bond motifs is 1. The Balaban J connectivity index is 0.00000210. The molecule has 0 aliphatic heterocycles. The lowest BCUT2D eigenvalue weighted by Crippen LogP contribution is -1.95. The van der Waals surface area contributed by atoms with Gasteiger partial charge in [0.15, 0.2) is 0 Å². The topological polar surface area (TPSA) is 50.2 Å². The van der Waals surface area contributed by atoms with Crippen molar-refractivity contribution in [3.63, 3.8) is 0 Å². The van der Waals surface area contributed by atoms with Crippen molar-refractivity contribution in [3.8, 4) is 22.3 Å². The Labute approximate surface area is 161 Å². The fourth-order valence-electron chi connectivity index (χ4n) is 2.93. The third-order valence-corrected chi connectivity index (χ3v) is 4.31. The van der Waals surface area contributed by atoms with Crippen LogP contribution >= 0.6 is 12.4 Å². The molecule has 0 saturated heterocycles. The van der Waals surface area contributed by atoms with E-state index in [2.05, 4.69) is 4.98 Å². The molecule has 4 aromatic rings. The molecule has 0 fully saturated rings. The fourth-order valence-corrected chi connectivity index (χ4v) is 2.93. The van der Waals surface area contributed by atoms with E-state index in [0.717, 1.165) is 33.2 Å². The predicted octanol–water partition coefficient (Wildman–Crippen LogP) is 5.83. The minimum atomic E-state index is -0.943. The molecule has 3 aromatic carbocycles. The van der Waals surface area contributed by atoms with Gasteiger partial charge in [0.25, 0.3) is 0 Å². The van der Waals surface area contributed by atoms with Crippen LogP contribution in [-0.4, -0.2) is 16.1 Å². The summed E-state index contributed by atoms with van der Waals surface area (Å²) in [4.78, 5) is 15.5. The second kappa shape index (κ2) is 7.56. The van der Waals surface area contributed by atoms with Gasteiger partial charge in [-0.3, -0.25) is 4.98 Å². The third kappa shape index (κ3) is 3.81. The number of hydrogen-bond acceptors (Lipinski definition) is 2. The maximum Gasteiger partial charge on any atom is 0.335 e. The average molecular weight is 380 g/mol. The van der Waals surface area contributed by atoms with E-state index in [4.69, 9.17) is 5.11 Å². The molecule has 0 aliphatic carbocycles. The molecular formula is C22H15ClFNO2. The number of halogens is 2. The summed E-state index contributed by atoms with van der Waals surface area (Å²) < 4.78 is 13.4. The number of rotatable bonds is 3. The molecule has 0 radical (unpaired) electrons. The van der Waals surface area contributed by atoms with Crippen molar-refractivity contribution in [2.45, 2.75) is 0 Å². The van der Waals surface area contributed by atoms with Gasteiger partial charge in [0, 0.05) is 17.1 Å². The van der Waals surface area contributed by atoms with E-state index >= 15 is 0 Å². The van der Waals surface area contributed by atoms with Gasteiger partial charge in [0.05, 0.1) is 11.1 Å². The van der Waals surface area contributed by atoms with Crippen LogP contribution < -0.4 is 0 Å². The number of aromatic nitrogens is 1. The van der Waals surface area contributed by atoms with Gasteiger partial charge in [0.2, 0.25) is 0 Å². The van der Waals surface area contributed by atoms with Crippen LogP contribution in [0.4, 0.5) is 4.39 Å². The molecule has 0 saturated carbocycles. The SMILES string of the molecule is Cl.O=C(O)c1ccc(-c2ccc3cc(-c4cccc(F)c4)cnc3c2)cc1. The molecule has 1 heterocycles. The Hall–Kier alpha value is -3.24. The molecule has 27 heavy (non-hydrogen) atoms. The fraction of sp³-hybridized carbons (Fsp3) is 0. The van der Waals surface area contributed by atoms with Crippen LogP contribution in [0.25, 0.3) is 33.2 Å². The quantitative estimate of drug-likeness (QED) is 0.487. The summed E-state index contributed by atoms with van der Waals surface area (Å²) in [7, 11) is 0. The van der Waals surface area contributed by atoms with Crippen molar-refractivity contribution in [1.82, 2.24) is 4.98 Å². The number of pyridine rings is 1. The van der Waals surface area contributed by atoms with Crippen molar-refractivity contribution in [2.24, 2.45) is 0 Å². The van der Waals surface area contributed by atoms with Crippen molar-refractivity contribution in [3.05, 3.63) is 90.4 Å². The molecule has 1 aromatic heterocycles. The third-order valence-electron chi connectivity index (χ3n) is 4.31. The van der Waals surface area contributed by atoms with E-state index in [-0.39, 0.29) is 23.8 Å². The first kappa shape index (κ1) is 18.5. The van der Waals surface area contributed by atoms with Crippen molar-refractivity contribution < 1.29 is 14.3 Å². The van der Waals surface area contributed by atoms with E-state index in [9.17, 15) is 9.18 Å². The average Bonchev–Trinajstić information content (AvgIpc) is 2.67. The highest BCUT2D eigenvalue weighted by molar-refractivity contribution is 5.90. The summed E-state index contributed by atoms with van der Waals surface area (Å²) in [5.74, 6) is -1.22. The summed E-state index contributed by atoms with van der Waals surface area (Å²) in [6.45, 7) is 0.